The normalized spacial score (nSPS) is 24.2. The molecule has 5 nitrogen and oxygen atoms in total. The maximum absolute atomic E-state index is 12.4. The van der Waals surface area contributed by atoms with Crippen LogP contribution in [-0.2, 0) is 9.59 Å². The van der Waals surface area contributed by atoms with Crippen LogP contribution in [0.5, 0.6) is 0 Å². The van der Waals surface area contributed by atoms with E-state index in [1.807, 2.05) is 0 Å². The number of likely N-dealkylation sites (tertiary alicyclic amines) is 1. The number of amides is 1. The van der Waals surface area contributed by atoms with E-state index in [0.29, 0.717) is 18.5 Å². The van der Waals surface area contributed by atoms with Gasteiger partial charge in [-0.15, -0.1) is 0 Å². The van der Waals surface area contributed by atoms with Gasteiger partial charge in [-0.25, -0.2) is 4.79 Å². The number of carbonyl (C=O) groups excluding carboxylic acids is 1. The summed E-state index contributed by atoms with van der Waals surface area (Å²) in [5.74, 6) is -1.56. The average molecular weight is 277 g/mol. The number of aliphatic carboxylic acids is 1. The molecule has 1 aliphatic rings. The molecule has 0 spiro atoms. The highest BCUT2D eigenvalue weighted by molar-refractivity contribution is 5.89. The highest BCUT2D eigenvalue weighted by atomic mass is 16.4. The van der Waals surface area contributed by atoms with Crippen LogP contribution < -0.4 is 0 Å². The smallest absolute Gasteiger partial charge is 0.329 e. The summed E-state index contributed by atoms with van der Waals surface area (Å²) < 4.78 is 0. The zero-order valence-electron chi connectivity index (χ0n) is 11.5. The summed E-state index contributed by atoms with van der Waals surface area (Å²) in [4.78, 5) is 25.2. The van der Waals surface area contributed by atoms with Crippen LogP contribution >= 0.6 is 0 Å². The number of aliphatic hydroxyl groups excluding tert-OH is 1. The molecule has 0 aliphatic carbocycles. The van der Waals surface area contributed by atoms with Crippen LogP contribution in [-0.4, -0.2) is 39.1 Å². The highest BCUT2D eigenvalue weighted by Gasteiger charge is 2.45. The predicted molar refractivity (Wildman–Crippen MR) is 73.0 cm³/mol. The molecule has 0 bridgehead atoms. The minimum atomic E-state index is -1.31. The van der Waals surface area contributed by atoms with Crippen molar-refractivity contribution in [2.45, 2.75) is 37.8 Å². The van der Waals surface area contributed by atoms with E-state index in [1.165, 1.54) is 4.90 Å². The fourth-order valence-electron chi connectivity index (χ4n) is 2.62. The first-order valence-corrected chi connectivity index (χ1v) is 6.75. The number of carbonyl (C=O) groups is 2. The SMILES string of the molecule is CC1(C(=O)O)CCCCN1C(=O)C(O)c1ccccc1. The molecule has 1 fully saturated rings. The lowest BCUT2D eigenvalue weighted by molar-refractivity contribution is -0.165. The van der Waals surface area contributed by atoms with Gasteiger partial charge < -0.3 is 15.1 Å². The molecule has 1 aromatic rings. The maximum Gasteiger partial charge on any atom is 0.329 e. The van der Waals surface area contributed by atoms with E-state index in [4.69, 9.17) is 0 Å². The van der Waals surface area contributed by atoms with Crippen LogP contribution in [0.4, 0.5) is 0 Å². The molecule has 2 N–H and O–H groups in total. The van der Waals surface area contributed by atoms with Gasteiger partial charge in [0.25, 0.3) is 5.91 Å². The molecule has 5 heteroatoms. The predicted octanol–water partition coefficient (Wildman–Crippen LogP) is 1.58. The second-order valence-electron chi connectivity index (χ2n) is 5.34. The highest BCUT2D eigenvalue weighted by Crippen LogP contribution is 2.31. The number of carboxylic acids is 1. The lowest BCUT2D eigenvalue weighted by Gasteiger charge is -2.42. The van der Waals surface area contributed by atoms with E-state index >= 15 is 0 Å². The van der Waals surface area contributed by atoms with Gasteiger partial charge in [0.15, 0.2) is 6.10 Å². The van der Waals surface area contributed by atoms with Gasteiger partial charge in [0.1, 0.15) is 5.54 Å². The zero-order valence-corrected chi connectivity index (χ0v) is 11.5. The average Bonchev–Trinajstić information content (AvgIpc) is 2.47. The molecule has 1 heterocycles. The van der Waals surface area contributed by atoms with E-state index in [9.17, 15) is 19.8 Å². The second kappa shape index (κ2) is 5.63. The Bertz CT molecular complexity index is 502. The van der Waals surface area contributed by atoms with Gasteiger partial charge in [-0.3, -0.25) is 4.79 Å². The van der Waals surface area contributed by atoms with Gasteiger partial charge >= 0.3 is 5.97 Å². The third kappa shape index (κ3) is 2.54. The summed E-state index contributed by atoms with van der Waals surface area (Å²) in [7, 11) is 0. The number of carboxylic acid groups (broad SMARTS) is 1. The van der Waals surface area contributed by atoms with Crippen molar-refractivity contribution in [2.75, 3.05) is 6.54 Å². The number of hydrogen-bond acceptors (Lipinski definition) is 3. The lowest BCUT2D eigenvalue weighted by Crippen LogP contribution is -2.58. The minimum absolute atomic E-state index is 0.367. The van der Waals surface area contributed by atoms with Gasteiger partial charge in [0, 0.05) is 6.54 Å². The fourth-order valence-corrected chi connectivity index (χ4v) is 2.62. The van der Waals surface area contributed by atoms with Crippen molar-refractivity contribution in [3.63, 3.8) is 0 Å². The Morgan fingerprint density at radius 3 is 2.50 bits per heavy atom. The first-order chi connectivity index (χ1) is 9.47. The molecular formula is C15H19NO4. The van der Waals surface area contributed by atoms with Crippen molar-refractivity contribution in [2.24, 2.45) is 0 Å². The van der Waals surface area contributed by atoms with Crippen molar-refractivity contribution in [3.05, 3.63) is 35.9 Å². The molecule has 108 valence electrons. The van der Waals surface area contributed by atoms with Crippen molar-refractivity contribution < 1.29 is 19.8 Å². The molecule has 2 atom stereocenters. The summed E-state index contributed by atoms with van der Waals surface area (Å²) in [5.41, 5.74) is -0.749. The standard InChI is InChI=1S/C15H19NO4/c1-15(14(19)20)9-5-6-10-16(15)13(18)12(17)11-7-3-2-4-8-11/h2-4,7-8,12,17H,5-6,9-10H2,1H3,(H,19,20). The number of piperidine rings is 1. The summed E-state index contributed by atoms with van der Waals surface area (Å²) in [6, 6.07) is 8.58. The van der Waals surface area contributed by atoms with Crippen molar-refractivity contribution in [3.8, 4) is 0 Å². The molecule has 0 saturated carbocycles. The van der Waals surface area contributed by atoms with Crippen LogP contribution in [0.15, 0.2) is 30.3 Å². The van der Waals surface area contributed by atoms with E-state index < -0.39 is 23.5 Å². The summed E-state index contributed by atoms with van der Waals surface area (Å²) >= 11 is 0. The Balaban J connectivity index is 2.24. The Morgan fingerprint density at radius 1 is 1.25 bits per heavy atom. The van der Waals surface area contributed by atoms with Gasteiger partial charge in [-0.1, -0.05) is 30.3 Å². The van der Waals surface area contributed by atoms with Crippen LogP contribution in [0.2, 0.25) is 0 Å². The van der Waals surface area contributed by atoms with Gasteiger partial charge in [0.2, 0.25) is 0 Å². The molecular weight excluding hydrogens is 258 g/mol. The largest absolute Gasteiger partial charge is 0.480 e. The second-order valence-corrected chi connectivity index (χ2v) is 5.34. The molecule has 1 aromatic carbocycles. The van der Waals surface area contributed by atoms with Gasteiger partial charge in [-0.05, 0) is 31.7 Å². The Hall–Kier alpha value is -1.88. The number of benzene rings is 1. The fraction of sp³-hybridized carbons (Fsp3) is 0.467. The Morgan fingerprint density at radius 2 is 1.90 bits per heavy atom. The molecule has 20 heavy (non-hydrogen) atoms. The van der Waals surface area contributed by atoms with E-state index in [-0.39, 0.29) is 0 Å². The molecule has 0 aromatic heterocycles. The van der Waals surface area contributed by atoms with Crippen molar-refractivity contribution in [1.29, 1.82) is 0 Å². The number of rotatable bonds is 3. The van der Waals surface area contributed by atoms with E-state index in [0.717, 1.165) is 12.8 Å². The minimum Gasteiger partial charge on any atom is -0.480 e. The third-order valence-corrected chi connectivity index (χ3v) is 3.97. The lowest BCUT2D eigenvalue weighted by atomic mass is 9.87. The third-order valence-electron chi connectivity index (χ3n) is 3.97. The van der Waals surface area contributed by atoms with Gasteiger partial charge in [0.05, 0.1) is 0 Å². The van der Waals surface area contributed by atoms with Crippen LogP contribution in [0.1, 0.15) is 37.9 Å². The Labute approximate surface area is 117 Å². The van der Waals surface area contributed by atoms with Crippen LogP contribution in [0, 0.1) is 0 Å². The van der Waals surface area contributed by atoms with Crippen LogP contribution in [0.25, 0.3) is 0 Å². The molecule has 1 saturated heterocycles. The number of aliphatic hydroxyl groups is 1. The molecule has 2 rings (SSSR count). The zero-order chi connectivity index (χ0) is 14.8. The number of nitrogens with zero attached hydrogens (tertiary/aromatic N) is 1. The summed E-state index contributed by atoms with van der Waals surface area (Å²) in [6.07, 6.45) is 0.632. The first kappa shape index (κ1) is 14.5. The molecule has 0 radical (unpaired) electrons. The quantitative estimate of drug-likeness (QED) is 0.879. The molecule has 2 unspecified atom stereocenters. The van der Waals surface area contributed by atoms with Gasteiger partial charge in [-0.2, -0.15) is 0 Å². The van der Waals surface area contributed by atoms with Crippen molar-refractivity contribution in [1.82, 2.24) is 4.90 Å². The van der Waals surface area contributed by atoms with Crippen molar-refractivity contribution >= 4 is 11.9 Å². The first-order valence-electron chi connectivity index (χ1n) is 6.75. The van der Waals surface area contributed by atoms with E-state index in [1.54, 1.807) is 37.3 Å². The molecule has 1 amide bonds. The van der Waals surface area contributed by atoms with E-state index in [2.05, 4.69) is 0 Å². The topological polar surface area (TPSA) is 77.8 Å². The summed E-state index contributed by atoms with van der Waals surface area (Å²) in [6.45, 7) is 1.91. The number of hydrogen-bond donors (Lipinski definition) is 2. The summed E-state index contributed by atoms with van der Waals surface area (Å²) in [5, 5.41) is 19.6. The maximum atomic E-state index is 12.4. The monoisotopic (exact) mass is 277 g/mol. The molecule has 1 aliphatic heterocycles. The Kier molecular flexibility index (Phi) is 4.09. The van der Waals surface area contributed by atoms with Crippen LogP contribution in [0.3, 0.4) is 0 Å².